The van der Waals surface area contributed by atoms with E-state index in [9.17, 15) is 9.59 Å². The Labute approximate surface area is 98.6 Å². The van der Waals surface area contributed by atoms with E-state index in [0.717, 1.165) is 0 Å². The monoisotopic (exact) mass is 234 g/mol. The fraction of sp³-hybridized carbons (Fsp3) is 0.273. The van der Waals surface area contributed by atoms with Gasteiger partial charge < -0.3 is 21.7 Å². The molecule has 0 bridgehead atoms. The van der Waals surface area contributed by atoms with Crippen LogP contribution in [-0.2, 0) is 4.79 Å². The zero-order chi connectivity index (χ0) is 12.3. The first kappa shape index (κ1) is 11.3. The standard InChI is InChI=1S/C11H14N4O2/c12-7-2-1-3-8(4-7)14-11(17)15-9-5-10(16)13-6-9/h1-4,9H,5-6,12H2,(H,13,16)(H2,14,15,17). The Hall–Kier alpha value is -2.24. The van der Waals surface area contributed by atoms with E-state index in [1.54, 1.807) is 24.3 Å². The van der Waals surface area contributed by atoms with Crippen molar-refractivity contribution in [1.82, 2.24) is 10.6 Å². The molecule has 1 aromatic rings. The van der Waals surface area contributed by atoms with E-state index >= 15 is 0 Å². The summed E-state index contributed by atoms with van der Waals surface area (Å²) in [6.45, 7) is 0.475. The second-order valence-electron chi connectivity index (χ2n) is 3.93. The minimum absolute atomic E-state index is 0.0424. The summed E-state index contributed by atoms with van der Waals surface area (Å²) in [4.78, 5) is 22.5. The van der Waals surface area contributed by atoms with Crippen LogP contribution in [0.5, 0.6) is 0 Å². The lowest BCUT2D eigenvalue weighted by Gasteiger charge is -2.11. The maximum atomic E-state index is 11.6. The summed E-state index contributed by atoms with van der Waals surface area (Å²) in [5.41, 5.74) is 6.80. The average Bonchev–Trinajstić information content (AvgIpc) is 2.63. The molecule has 1 saturated heterocycles. The number of hydrogen-bond donors (Lipinski definition) is 4. The number of carbonyl (C=O) groups excluding carboxylic acids is 2. The predicted octanol–water partition coefficient (Wildman–Crippen LogP) is 0.279. The summed E-state index contributed by atoms with van der Waals surface area (Å²) in [7, 11) is 0. The van der Waals surface area contributed by atoms with E-state index in [0.29, 0.717) is 24.3 Å². The van der Waals surface area contributed by atoms with Crippen LogP contribution in [0.25, 0.3) is 0 Å². The minimum Gasteiger partial charge on any atom is -0.399 e. The molecular formula is C11H14N4O2. The van der Waals surface area contributed by atoms with Crippen LogP contribution in [0.15, 0.2) is 24.3 Å². The second-order valence-corrected chi connectivity index (χ2v) is 3.93. The number of nitrogen functional groups attached to an aromatic ring is 1. The van der Waals surface area contributed by atoms with Gasteiger partial charge in [0.25, 0.3) is 0 Å². The topological polar surface area (TPSA) is 96.2 Å². The Morgan fingerprint density at radius 2 is 2.29 bits per heavy atom. The second kappa shape index (κ2) is 4.73. The van der Waals surface area contributed by atoms with Crippen LogP contribution in [-0.4, -0.2) is 24.5 Å². The fourth-order valence-electron chi connectivity index (χ4n) is 1.68. The van der Waals surface area contributed by atoms with Crippen LogP contribution in [0.4, 0.5) is 16.2 Å². The molecule has 0 aromatic heterocycles. The summed E-state index contributed by atoms with van der Waals surface area (Å²) in [6, 6.07) is 6.42. The molecule has 0 aliphatic carbocycles. The van der Waals surface area contributed by atoms with Gasteiger partial charge in [-0.3, -0.25) is 4.79 Å². The lowest BCUT2D eigenvalue weighted by molar-refractivity contribution is -0.119. The molecular weight excluding hydrogens is 220 g/mol. The number of carbonyl (C=O) groups is 2. The number of amides is 3. The van der Waals surface area contributed by atoms with Gasteiger partial charge in [0.2, 0.25) is 5.91 Å². The van der Waals surface area contributed by atoms with Crippen molar-refractivity contribution in [2.75, 3.05) is 17.6 Å². The Morgan fingerprint density at radius 3 is 2.94 bits per heavy atom. The first-order valence-electron chi connectivity index (χ1n) is 5.33. The molecule has 1 aliphatic heterocycles. The van der Waals surface area contributed by atoms with E-state index in [2.05, 4.69) is 16.0 Å². The Bertz CT molecular complexity index is 447. The molecule has 1 heterocycles. The third-order valence-electron chi connectivity index (χ3n) is 2.46. The summed E-state index contributed by atoms with van der Waals surface area (Å²) >= 11 is 0. The molecule has 90 valence electrons. The molecule has 0 spiro atoms. The third-order valence-corrected chi connectivity index (χ3v) is 2.46. The molecule has 17 heavy (non-hydrogen) atoms. The van der Waals surface area contributed by atoms with Gasteiger partial charge in [0.15, 0.2) is 0 Å². The highest BCUT2D eigenvalue weighted by Gasteiger charge is 2.22. The number of nitrogens with one attached hydrogen (secondary N) is 3. The van der Waals surface area contributed by atoms with Gasteiger partial charge in [0.1, 0.15) is 0 Å². The van der Waals surface area contributed by atoms with Crippen LogP contribution in [0, 0.1) is 0 Å². The Kier molecular flexibility index (Phi) is 3.13. The van der Waals surface area contributed by atoms with Gasteiger partial charge in [-0.15, -0.1) is 0 Å². The van der Waals surface area contributed by atoms with Crippen LogP contribution >= 0.6 is 0 Å². The van der Waals surface area contributed by atoms with Crippen LogP contribution in [0.2, 0.25) is 0 Å². The largest absolute Gasteiger partial charge is 0.399 e. The zero-order valence-electron chi connectivity index (χ0n) is 9.19. The molecule has 1 atom stereocenters. The molecule has 1 fully saturated rings. The lowest BCUT2D eigenvalue weighted by Crippen LogP contribution is -2.39. The molecule has 0 saturated carbocycles. The predicted molar refractivity (Wildman–Crippen MR) is 64.4 cm³/mol. The maximum absolute atomic E-state index is 11.6. The van der Waals surface area contributed by atoms with Crippen molar-refractivity contribution >= 4 is 23.3 Å². The number of hydrogen-bond acceptors (Lipinski definition) is 3. The van der Waals surface area contributed by atoms with Crippen molar-refractivity contribution in [2.24, 2.45) is 0 Å². The lowest BCUT2D eigenvalue weighted by atomic mass is 10.2. The number of rotatable bonds is 2. The number of nitrogens with two attached hydrogens (primary N) is 1. The van der Waals surface area contributed by atoms with Crippen molar-refractivity contribution in [1.29, 1.82) is 0 Å². The van der Waals surface area contributed by atoms with Gasteiger partial charge in [-0.25, -0.2) is 4.79 Å². The van der Waals surface area contributed by atoms with Crippen molar-refractivity contribution < 1.29 is 9.59 Å². The zero-order valence-corrected chi connectivity index (χ0v) is 9.19. The maximum Gasteiger partial charge on any atom is 0.319 e. The first-order valence-corrected chi connectivity index (χ1v) is 5.33. The molecule has 2 rings (SSSR count). The van der Waals surface area contributed by atoms with E-state index in [4.69, 9.17) is 5.73 Å². The summed E-state index contributed by atoms with van der Waals surface area (Å²) in [5, 5.41) is 8.00. The van der Waals surface area contributed by atoms with Crippen LogP contribution in [0.1, 0.15) is 6.42 Å². The fourth-order valence-corrected chi connectivity index (χ4v) is 1.68. The molecule has 6 nitrogen and oxygen atoms in total. The van der Waals surface area contributed by atoms with Crippen molar-refractivity contribution in [3.63, 3.8) is 0 Å². The van der Waals surface area contributed by atoms with E-state index in [-0.39, 0.29) is 18.0 Å². The van der Waals surface area contributed by atoms with Crippen LogP contribution in [0.3, 0.4) is 0 Å². The van der Waals surface area contributed by atoms with Gasteiger partial charge in [-0.2, -0.15) is 0 Å². The van der Waals surface area contributed by atoms with E-state index < -0.39 is 0 Å². The SMILES string of the molecule is Nc1cccc(NC(=O)NC2CNC(=O)C2)c1. The molecule has 6 heteroatoms. The van der Waals surface area contributed by atoms with Gasteiger partial charge in [0.05, 0.1) is 6.04 Å². The first-order chi connectivity index (χ1) is 8.13. The van der Waals surface area contributed by atoms with E-state index in [1.807, 2.05) is 0 Å². The molecule has 3 amide bonds. The summed E-state index contributed by atoms with van der Waals surface area (Å²) < 4.78 is 0. The highest BCUT2D eigenvalue weighted by Crippen LogP contribution is 2.11. The molecule has 5 N–H and O–H groups in total. The van der Waals surface area contributed by atoms with Crippen molar-refractivity contribution in [3.05, 3.63) is 24.3 Å². The quantitative estimate of drug-likeness (QED) is 0.553. The average molecular weight is 234 g/mol. The van der Waals surface area contributed by atoms with E-state index in [1.165, 1.54) is 0 Å². The summed E-state index contributed by atoms with van der Waals surface area (Å²) in [6.07, 6.45) is 0.324. The minimum atomic E-state index is -0.336. The normalized spacial score (nSPS) is 18.6. The van der Waals surface area contributed by atoms with Gasteiger partial charge in [-0.1, -0.05) is 6.07 Å². The number of urea groups is 1. The van der Waals surface area contributed by atoms with Crippen molar-refractivity contribution in [3.8, 4) is 0 Å². The van der Waals surface area contributed by atoms with Gasteiger partial charge in [-0.05, 0) is 18.2 Å². The molecule has 1 aromatic carbocycles. The van der Waals surface area contributed by atoms with Gasteiger partial charge >= 0.3 is 6.03 Å². The Balaban J connectivity index is 1.87. The van der Waals surface area contributed by atoms with Crippen LogP contribution < -0.4 is 21.7 Å². The van der Waals surface area contributed by atoms with Crippen molar-refractivity contribution in [2.45, 2.75) is 12.5 Å². The number of anilines is 2. The number of benzene rings is 1. The highest BCUT2D eigenvalue weighted by atomic mass is 16.2. The van der Waals surface area contributed by atoms with Gasteiger partial charge in [0, 0.05) is 24.3 Å². The highest BCUT2D eigenvalue weighted by molar-refractivity contribution is 5.90. The summed E-state index contributed by atoms with van der Waals surface area (Å²) in [5.74, 6) is -0.0424. The molecule has 1 unspecified atom stereocenters. The molecule has 1 aliphatic rings. The third kappa shape index (κ3) is 3.10. The molecule has 0 radical (unpaired) electrons. The smallest absolute Gasteiger partial charge is 0.319 e. The Morgan fingerprint density at radius 1 is 1.47 bits per heavy atom.